The van der Waals surface area contributed by atoms with E-state index in [2.05, 4.69) is 10.3 Å². The smallest absolute Gasteiger partial charge is 0.321 e. The zero-order valence-electron chi connectivity index (χ0n) is 14.4. The highest BCUT2D eigenvalue weighted by Crippen LogP contribution is 2.23. The normalized spacial score (nSPS) is 14.3. The summed E-state index contributed by atoms with van der Waals surface area (Å²) in [5.41, 5.74) is 4.32. The third-order valence-electron chi connectivity index (χ3n) is 4.39. The van der Waals surface area contributed by atoms with Crippen LogP contribution in [0.2, 0.25) is 0 Å². The van der Waals surface area contributed by atoms with Crippen molar-refractivity contribution >= 4 is 17.7 Å². The summed E-state index contributed by atoms with van der Waals surface area (Å²) in [4.78, 5) is 16.9. The number of anilines is 1. The van der Waals surface area contributed by atoms with Gasteiger partial charge < -0.3 is 5.32 Å². The number of carbonyl (C=O) groups is 1. The minimum atomic E-state index is -4.36. The van der Waals surface area contributed by atoms with E-state index in [9.17, 15) is 18.0 Å². The van der Waals surface area contributed by atoms with Crippen molar-refractivity contribution in [2.45, 2.75) is 38.8 Å². The molecule has 0 radical (unpaired) electrons. The number of amides is 1. The summed E-state index contributed by atoms with van der Waals surface area (Å²) in [6.45, 7) is 1.70. The van der Waals surface area contributed by atoms with Crippen LogP contribution in [0.5, 0.6) is 0 Å². The maximum absolute atomic E-state index is 12.5. The number of hydrogen-bond acceptors (Lipinski definition) is 2. The van der Waals surface area contributed by atoms with Crippen LogP contribution >= 0.6 is 0 Å². The van der Waals surface area contributed by atoms with Crippen LogP contribution < -0.4 is 5.32 Å². The third kappa shape index (κ3) is 4.50. The molecule has 3 nitrogen and oxygen atoms in total. The summed E-state index contributed by atoms with van der Waals surface area (Å²) in [7, 11) is 0. The number of allylic oxidation sites excluding steroid dienone is 1. The minimum Gasteiger partial charge on any atom is -0.321 e. The average molecular weight is 360 g/mol. The predicted octanol–water partition coefficient (Wildman–Crippen LogP) is 5.10. The molecule has 0 saturated heterocycles. The second-order valence-electron chi connectivity index (χ2n) is 6.44. The lowest BCUT2D eigenvalue weighted by Crippen LogP contribution is -2.15. The molecule has 1 aromatic carbocycles. The Morgan fingerprint density at radius 2 is 1.96 bits per heavy atom. The van der Waals surface area contributed by atoms with Gasteiger partial charge in [0.2, 0.25) is 0 Å². The van der Waals surface area contributed by atoms with Gasteiger partial charge in [-0.1, -0.05) is 18.2 Å². The van der Waals surface area contributed by atoms with E-state index in [0.717, 1.165) is 37.5 Å². The van der Waals surface area contributed by atoms with Crippen LogP contribution in [0.4, 0.5) is 18.9 Å². The van der Waals surface area contributed by atoms with Gasteiger partial charge in [-0.2, -0.15) is 13.2 Å². The van der Waals surface area contributed by atoms with Crippen LogP contribution in [0.3, 0.4) is 0 Å². The first-order chi connectivity index (χ1) is 12.3. The molecule has 136 valence electrons. The first-order valence-corrected chi connectivity index (χ1v) is 8.47. The fourth-order valence-corrected chi connectivity index (χ4v) is 3.09. The van der Waals surface area contributed by atoms with E-state index in [1.807, 2.05) is 6.07 Å². The first kappa shape index (κ1) is 18.2. The number of hydrogen-bond donors (Lipinski definition) is 1. The van der Waals surface area contributed by atoms with E-state index in [-0.39, 0.29) is 12.0 Å². The summed E-state index contributed by atoms with van der Waals surface area (Å²) in [6, 6.07) is 6.54. The summed E-state index contributed by atoms with van der Waals surface area (Å²) >= 11 is 0. The Hall–Kier alpha value is -2.63. The molecule has 1 amide bonds. The van der Waals surface area contributed by atoms with Crippen LogP contribution in [0.25, 0.3) is 6.08 Å². The molecular weight excluding hydrogens is 341 g/mol. The number of aromatic nitrogens is 1. The summed E-state index contributed by atoms with van der Waals surface area (Å²) in [6.07, 6.45) is 2.66. The van der Waals surface area contributed by atoms with Crippen molar-refractivity contribution in [3.8, 4) is 0 Å². The molecule has 1 heterocycles. The zero-order chi connectivity index (χ0) is 18.7. The van der Waals surface area contributed by atoms with Crippen LogP contribution in [-0.4, -0.2) is 17.1 Å². The number of fused-ring (bicyclic) bond motifs is 1. The van der Waals surface area contributed by atoms with Crippen molar-refractivity contribution in [2.24, 2.45) is 0 Å². The molecule has 1 N–H and O–H groups in total. The monoisotopic (exact) mass is 360 g/mol. The molecule has 0 fully saturated rings. The van der Waals surface area contributed by atoms with Gasteiger partial charge in [0.05, 0.1) is 11.9 Å². The summed E-state index contributed by atoms with van der Waals surface area (Å²) < 4.78 is 36.8. The Morgan fingerprint density at radius 3 is 2.69 bits per heavy atom. The lowest BCUT2D eigenvalue weighted by molar-refractivity contribution is -0.0790. The van der Waals surface area contributed by atoms with Crippen molar-refractivity contribution in [1.82, 2.24) is 4.98 Å². The van der Waals surface area contributed by atoms with Crippen LogP contribution in [-0.2, 0) is 12.8 Å². The van der Waals surface area contributed by atoms with Crippen LogP contribution in [0, 0.1) is 6.92 Å². The quantitative estimate of drug-likeness (QED) is 0.828. The molecule has 1 aliphatic carbocycles. The third-order valence-corrected chi connectivity index (χ3v) is 4.39. The molecule has 0 aliphatic heterocycles. The summed E-state index contributed by atoms with van der Waals surface area (Å²) in [5, 5.41) is 2.83. The molecule has 1 aromatic heterocycles. The van der Waals surface area contributed by atoms with E-state index in [1.54, 1.807) is 19.2 Å². The molecule has 0 spiro atoms. The largest absolute Gasteiger partial charge is 0.409 e. The zero-order valence-corrected chi connectivity index (χ0v) is 14.4. The Labute approximate surface area is 150 Å². The average Bonchev–Trinajstić information content (AvgIpc) is 2.59. The van der Waals surface area contributed by atoms with Gasteiger partial charge in [0.1, 0.15) is 0 Å². The highest BCUT2D eigenvalue weighted by atomic mass is 19.4. The van der Waals surface area contributed by atoms with E-state index >= 15 is 0 Å². The maximum Gasteiger partial charge on any atom is 0.409 e. The molecule has 1 aliphatic rings. The minimum absolute atomic E-state index is 0.181. The Morgan fingerprint density at radius 1 is 1.19 bits per heavy atom. The summed E-state index contributed by atoms with van der Waals surface area (Å²) in [5.74, 6) is -0.300. The number of rotatable bonds is 3. The number of carbonyl (C=O) groups excluding carboxylic acids is 1. The Balaban J connectivity index is 1.75. The van der Waals surface area contributed by atoms with Gasteiger partial charge in [-0.15, -0.1) is 0 Å². The van der Waals surface area contributed by atoms with Gasteiger partial charge in [-0.3, -0.25) is 9.78 Å². The number of aryl methyl sites for hydroxylation is 3. The molecule has 3 rings (SSSR count). The Bertz CT molecular complexity index is 857. The molecular formula is C20H19F3N2O. The first-order valence-electron chi connectivity index (χ1n) is 8.47. The molecule has 0 saturated carbocycles. The van der Waals surface area contributed by atoms with Crippen molar-refractivity contribution in [3.63, 3.8) is 0 Å². The predicted molar refractivity (Wildman–Crippen MR) is 95.1 cm³/mol. The van der Waals surface area contributed by atoms with Gasteiger partial charge in [0, 0.05) is 17.3 Å². The molecule has 0 atom stereocenters. The number of pyridine rings is 1. The van der Waals surface area contributed by atoms with Crippen LogP contribution in [0.15, 0.2) is 36.5 Å². The lowest BCUT2D eigenvalue weighted by Gasteiger charge is -2.16. The van der Waals surface area contributed by atoms with Crippen molar-refractivity contribution in [3.05, 3.63) is 64.5 Å². The number of benzene rings is 1. The number of nitrogens with one attached hydrogen (secondary N) is 1. The van der Waals surface area contributed by atoms with Crippen LogP contribution in [0.1, 0.15) is 45.6 Å². The van der Waals surface area contributed by atoms with E-state index in [0.29, 0.717) is 22.4 Å². The standard InChI is InChI=1S/C20H19F3N2O/c1-13-10-14(8-9-20(21,22)23)6-7-17(13)19(26)25-16-11-15-4-2-3-5-18(15)24-12-16/h6-12H,2-5H2,1H3,(H,25,26)/b9-8+. The van der Waals surface area contributed by atoms with Gasteiger partial charge >= 0.3 is 6.18 Å². The Kier molecular flexibility index (Phi) is 5.11. The second kappa shape index (κ2) is 7.32. The molecule has 0 bridgehead atoms. The fourth-order valence-electron chi connectivity index (χ4n) is 3.09. The number of nitrogens with zero attached hydrogens (tertiary/aromatic N) is 1. The van der Waals surface area contributed by atoms with Gasteiger partial charge in [0.25, 0.3) is 5.91 Å². The van der Waals surface area contributed by atoms with Gasteiger partial charge in [-0.05, 0) is 61.4 Å². The maximum atomic E-state index is 12.5. The van der Waals surface area contributed by atoms with E-state index in [4.69, 9.17) is 0 Å². The fraction of sp³-hybridized carbons (Fsp3) is 0.300. The van der Waals surface area contributed by atoms with Crippen molar-refractivity contribution in [2.75, 3.05) is 5.32 Å². The molecule has 26 heavy (non-hydrogen) atoms. The number of alkyl halides is 3. The highest BCUT2D eigenvalue weighted by molar-refractivity contribution is 6.05. The van der Waals surface area contributed by atoms with Crippen molar-refractivity contribution in [1.29, 1.82) is 0 Å². The second-order valence-corrected chi connectivity index (χ2v) is 6.44. The van der Waals surface area contributed by atoms with E-state index < -0.39 is 6.18 Å². The topological polar surface area (TPSA) is 42.0 Å². The molecule has 6 heteroatoms. The van der Waals surface area contributed by atoms with Gasteiger partial charge in [0.15, 0.2) is 0 Å². The SMILES string of the molecule is Cc1cc(/C=C/C(F)(F)F)ccc1C(=O)Nc1cnc2c(c1)CCCC2. The van der Waals surface area contributed by atoms with E-state index in [1.165, 1.54) is 17.7 Å². The lowest BCUT2D eigenvalue weighted by atomic mass is 9.96. The number of halogens is 3. The van der Waals surface area contributed by atoms with Gasteiger partial charge in [-0.25, -0.2) is 0 Å². The molecule has 0 unspecified atom stereocenters. The highest BCUT2D eigenvalue weighted by Gasteiger charge is 2.22. The molecule has 2 aromatic rings. The van der Waals surface area contributed by atoms with Crippen molar-refractivity contribution < 1.29 is 18.0 Å².